The van der Waals surface area contributed by atoms with Crippen molar-refractivity contribution in [2.24, 2.45) is 5.92 Å². The fourth-order valence-electron chi connectivity index (χ4n) is 2.39. The topological polar surface area (TPSA) is 38.5 Å². The normalized spacial score (nSPS) is 24.3. The molecular weight excluding hydrogens is 238 g/mol. The van der Waals surface area contributed by atoms with Crippen LogP contribution < -0.4 is 10.6 Å². The van der Waals surface area contributed by atoms with Gasteiger partial charge in [-0.15, -0.1) is 0 Å². The van der Waals surface area contributed by atoms with E-state index in [0.29, 0.717) is 18.2 Å². The Labute approximate surface area is 106 Å². The maximum Gasteiger partial charge on any atom is 0.151 e. The second-order valence-electron chi connectivity index (χ2n) is 4.81. The zero-order valence-electron chi connectivity index (χ0n) is 10.6. The quantitative estimate of drug-likeness (QED) is 0.826. The van der Waals surface area contributed by atoms with Crippen LogP contribution in [0.15, 0.2) is 12.1 Å². The highest BCUT2D eigenvalue weighted by Crippen LogP contribution is 2.31. The SMILES string of the molecule is COC1CN(c2cc(F)cc(F)c2N)CCC1C. The van der Waals surface area contributed by atoms with E-state index in [4.69, 9.17) is 10.5 Å². The minimum atomic E-state index is -0.711. The lowest BCUT2D eigenvalue weighted by Gasteiger charge is -2.38. The number of halogens is 2. The first-order chi connectivity index (χ1) is 8.52. The zero-order chi connectivity index (χ0) is 13.3. The number of rotatable bonds is 2. The Morgan fingerprint density at radius 2 is 2.11 bits per heavy atom. The third-order valence-electron chi connectivity index (χ3n) is 3.61. The van der Waals surface area contributed by atoms with E-state index < -0.39 is 11.6 Å². The molecule has 0 radical (unpaired) electrons. The predicted octanol–water partition coefficient (Wildman–Crippen LogP) is 2.41. The number of ether oxygens (including phenoxy) is 1. The second kappa shape index (κ2) is 5.10. The smallest absolute Gasteiger partial charge is 0.151 e. The van der Waals surface area contributed by atoms with Crippen molar-refractivity contribution in [3.63, 3.8) is 0 Å². The minimum absolute atomic E-state index is 0.000746. The standard InChI is InChI=1S/C13H18F2N2O/c1-8-3-4-17(7-12(8)18-2)11-6-9(14)5-10(15)13(11)16/h5-6,8,12H,3-4,7,16H2,1-2H3. The third kappa shape index (κ3) is 2.41. The molecule has 0 bridgehead atoms. The summed E-state index contributed by atoms with van der Waals surface area (Å²) < 4.78 is 32.1. The molecule has 2 rings (SSSR count). The van der Waals surface area contributed by atoms with Gasteiger partial charge in [0.2, 0.25) is 0 Å². The molecule has 1 aliphatic heterocycles. The van der Waals surface area contributed by atoms with Crippen molar-refractivity contribution in [3.05, 3.63) is 23.8 Å². The number of nitrogens with two attached hydrogens (primary N) is 1. The van der Waals surface area contributed by atoms with Crippen molar-refractivity contribution < 1.29 is 13.5 Å². The number of nitrogen functional groups attached to an aromatic ring is 1. The molecule has 1 aromatic carbocycles. The molecular formula is C13H18F2N2O. The van der Waals surface area contributed by atoms with Gasteiger partial charge in [-0.1, -0.05) is 6.92 Å². The highest BCUT2D eigenvalue weighted by Gasteiger charge is 2.27. The number of hydrogen-bond acceptors (Lipinski definition) is 3. The van der Waals surface area contributed by atoms with Crippen LogP contribution in [-0.2, 0) is 4.74 Å². The lowest BCUT2D eigenvalue weighted by Crippen LogP contribution is -2.44. The lowest BCUT2D eigenvalue weighted by atomic mass is 9.95. The average molecular weight is 256 g/mol. The maximum absolute atomic E-state index is 13.4. The highest BCUT2D eigenvalue weighted by atomic mass is 19.1. The summed E-state index contributed by atoms with van der Waals surface area (Å²) in [7, 11) is 1.65. The number of hydrogen-bond donors (Lipinski definition) is 1. The maximum atomic E-state index is 13.4. The Balaban J connectivity index is 2.27. The van der Waals surface area contributed by atoms with Gasteiger partial charge in [0, 0.05) is 26.3 Å². The van der Waals surface area contributed by atoms with Crippen molar-refractivity contribution >= 4 is 11.4 Å². The summed E-state index contributed by atoms with van der Waals surface area (Å²) in [6, 6.07) is 2.08. The molecule has 0 aliphatic carbocycles. The van der Waals surface area contributed by atoms with E-state index in [1.807, 2.05) is 4.90 Å². The molecule has 2 atom stereocenters. The van der Waals surface area contributed by atoms with Crippen molar-refractivity contribution in [1.29, 1.82) is 0 Å². The Kier molecular flexibility index (Phi) is 3.71. The van der Waals surface area contributed by atoms with Gasteiger partial charge in [0.15, 0.2) is 5.82 Å². The molecule has 100 valence electrons. The summed E-state index contributed by atoms with van der Waals surface area (Å²) in [5, 5.41) is 0. The zero-order valence-corrected chi connectivity index (χ0v) is 10.6. The van der Waals surface area contributed by atoms with Gasteiger partial charge >= 0.3 is 0 Å². The molecule has 1 saturated heterocycles. The van der Waals surface area contributed by atoms with Gasteiger partial charge in [-0.25, -0.2) is 8.78 Å². The first-order valence-corrected chi connectivity index (χ1v) is 6.05. The molecule has 3 nitrogen and oxygen atoms in total. The van der Waals surface area contributed by atoms with Crippen LogP contribution in [0.5, 0.6) is 0 Å². The van der Waals surface area contributed by atoms with Crippen molar-refractivity contribution in [2.75, 3.05) is 30.8 Å². The van der Waals surface area contributed by atoms with Gasteiger partial charge in [0.1, 0.15) is 5.82 Å². The summed E-state index contributed by atoms with van der Waals surface area (Å²) in [5.74, 6) is -0.882. The van der Waals surface area contributed by atoms with Gasteiger partial charge in [-0.2, -0.15) is 0 Å². The van der Waals surface area contributed by atoms with Gasteiger partial charge in [-0.05, 0) is 18.4 Å². The molecule has 18 heavy (non-hydrogen) atoms. The Hall–Kier alpha value is -1.36. The van der Waals surface area contributed by atoms with Gasteiger partial charge in [0.25, 0.3) is 0 Å². The van der Waals surface area contributed by atoms with E-state index in [2.05, 4.69) is 6.92 Å². The van der Waals surface area contributed by atoms with Crippen LogP contribution in [0.25, 0.3) is 0 Å². The van der Waals surface area contributed by atoms with E-state index in [1.54, 1.807) is 7.11 Å². The Morgan fingerprint density at radius 1 is 1.39 bits per heavy atom. The lowest BCUT2D eigenvalue weighted by molar-refractivity contribution is 0.0498. The summed E-state index contributed by atoms with van der Waals surface area (Å²) in [6.07, 6.45) is 0.972. The van der Waals surface area contributed by atoms with Crippen molar-refractivity contribution in [3.8, 4) is 0 Å². The van der Waals surface area contributed by atoms with Crippen molar-refractivity contribution in [2.45, 2.75) is 19.4 Å². The number of methoxy groups -OCH3 is 1. The first kappa shape index (κ1) is 13.1. The van der Waals surface area contributed by atoms with Crippen LogP contribution in [0.4, 0.5) is 20.2 Å². The molecule has 1 heterocycles. The monoisotopic (exact) mass is 256 g/mol. The third-order valence-corrected chi connectivity index (χ3v) is 3.61. The number of anilines is 2. The van der Waals surface area contributed by atoms with Crippen LogP contribution in [0.3, 0.4) is 0 Å². The molecule has 2 N–H and O–H groups in total. The summed E-state index contributed by atoms with van der Waals surface area (Å²) in [6.45, 7) is 3.44. The van der Waals surface area contributed by atoms with E-state index in [-0.39, 0.29) is 11.8 Å². The number of benzene rings is 1. The summed E-state index contributed by atoms with van der Waals surface area (Å²) in [4.78, 5) is 1.88. The second-order valence-corrected chi connectivity index (χ2v) is 4.81. The van der Waals surface area contributed by atoms with Crippen LogP contribution in [0.2, 0.25) is 0 Å². The largest absolute Gasteiger partial charge is 0.395 e. The Bertz CT molecular complexity index is 439. The molecule has 5 heteroatoms. The minimum Gasteiger partial charge on any atom is -0.395 e. The molecule has 0 saturated carbocycles. The number of nitrogens with zero attached hydrogens (tertiary/aromatic N) is 1. The van der Waals surface area contributed by atoms with Crippen LogP contribution in [0, 0.1) is 17.6 Å². The predicted molar refractivity (Wildman–Crippen MR) is 67.6 cm³/mol. The molecule has 1 aromatic rings. The highest BCUT2D eigenvalue weighted by molar-refractivity contribution is 5.68. The van der Waals surface area contributed by atoms with E-state index in [9.17, 15) is 8.78 Å². The van der Waals surface area contributed by atoms with Crippen LogP contribution >= 0.6 is 0 Å². The van der Waals surface area contributed by atoms with Gasteiger partial charge < -0.3 is 15.4 Å². The molecule has 0 amide bonds. The van der Waals surface area contributed by atoms with E-state index >= 15 is 0 Å². The fourth-order valence-corrected chi connectivity index (χ4v) is 2.39. The molecule has 0 aromatic heterocycles. The van der Waals surface area contributed by atoms with Crippen LogP contribution in [-0.4, -0.2) is 26.3 Å². The molecule has 1 fully saturated rings. The fraction of sp³-hybridized carbons (Fsp3) is 0.538. The average Bonchev–Trinajstić information content (AvgIpc) is 2.34. The van der Waals surface area contributed by atoms with E-state index in [0.717, 1.165) is 19.0 Å². The summed E-state index contributed by atoms with van der Waals surface area (Å²) in [5.41, 5.74) is 6.10. The summed E-state index contributed by atoms with van der Waals surface area (Å²) >= 11 is 0. The Morgan fingerprint density at radius 3 is 2.78 bits per heavy atom. The van der Waals surface area contributed by atoms with Gasteiger partial charge in [0.05, 0.1) is 17.5 Å². The van der Waals surface area contributed by atoms with E-state index in [1.165, 1.54) is 6.07 Å². The number of piperidine rings is 1. The molecule has 0 spiro atoms. The first-order valence-electron chi connectivity index (χ1n) is 6.05. The molecule has 1 aliphatic rings. The van der Waals surface area contributed by atoms with Crippen LogP contribution in [0.1, 0.15) is 13.3 Å². The molecule has 2 unspecified atom stereocenters. The van der Waals surface area contributed by atoms with Gasteiger partial charge in [-0.3, -0.25) is 0 Å². The van der Waals surface area contributed by atoms with Crippen molar-refractivity contribution in [1.82, 2.24) is 0 Å².